The standard InChI is InChI=1S/C13H19BrN4O/c1-4-12(19)18(9(2)7-10-5-6-10)8-11-13(14)15-16-17(11)3/h4,9-10H,1,5-8H2,2-3H3. The van der Waals surface area contributed by atoms with Gasteiger partial charge in [0, 0.05) is 13.1 Å². The first-order valence-corrected chi connectivity index (χ1v) is 7.29. The molecule has 1 saturated carbocycles. The maximum Gasteiger partial charge on any atom is 0.246 e. The zero-order chi connectivity index (χ0) is 14.0. The van der Waals surface area contributed by atoms with E-state index >= 15 is 0 Å². The van der Waals surface area contributed by atoms with Crippen molar-refractivity contribution >= 4 is 21.8 Å². The normalized spacial score (nSPS) is 16.2. The largest absolute Gasteiger partial charge is 0.330 e. The van der Waals surface area contributed by atoms with Gasteiger partial charge in [-0.2, -0.15) is 0 Å². The number of carbonyl (C=O) groups is 1. The van der Waals surface area contributed by atoms with E-state index in [0.717, 1.165) is 18.0 Å². The van der Waals surface area contributed by atoms with Crippen LogP contribution >= 0.6 is 15.9 Å². The molecule has 0 aromatic carbocycles. The third-order valence-corrected chi connectivity index (χ3v) is 4.19. The molecular formula is C13H19BrN4O. The van der Waals surface area contributed by atoms with Crippen LogP contribution < -0.4 is 0 Å². The molecule has 1 aromatic heterocycles. The molecule has 19 heavy (non-hydrogen) atoms. The Morgan fingerprint density at radius 3 is 2.84 bits per heavy atom. The maximum atomic E-state index is 12.0. The first-order chi connectivity index (χ1) is 9.02. The number of hydrogen-bond acceptors (Lipinski definition) is 3. The van der Waals surface area contributed by atoms with E-state index in [9.17, 15) is 4.79 Å². The van der Waals surface area contributed by atoms with Crippen molar-refractivity contribution < 1.29 is 4.79 Å². The molecule has 104 valence electrons. The summed E-state index contributed by atoms with van der Waals surface area (Å²) in [4.78, 5) is 13.9. The quantitative estimate of drug-likeness (QED) is 0.753. The van der Waals surface area contributed by atoms with Crippen LogP contribution in [0.4, 0.5) is 0 Å². The van der Waals surface area contributed by atoms with Crippen LogP contribution in [0.3, 0.4) is 0 Å². The van der Waals surface area contributed by atoms with E-state index in [-0.39, 0.29) is 11.9 Å². The molecule has 5 nitrogen and oxygen atoms in total. The molecular weight excluding hydrogens is 308 g/mol. The predicted octanol–water partition coefficient (Wildman–Crippen LogP) is 2.28. The average molecular weight is 327 g/mol. The second kappa shape index (κ2) is 5.86. The fourth-order valence-electron chi connectivity index (χ4n) is 2.21. The Hall–Kier alpha value is -1.17. The maximum absolute atomic E-state index is 12.0. The topological polar surface area (TPSA) is 51.0 Å². The lowest BCUT2D eigenvalue weighted by Crippen LogP contribution is -2.38. The van der Waals surface area contributed by atoms with E-state index in [1.165, 1.54) is 18.9 Å². The highest BCUT2D eigenvalue weighted by atomic mass is 79.9. The molecule has 1 fully saturated rings. The predicted molar refractivity (Wildman–Crippen MR) is 76.3 cm³/mol. The fourth-order valence-corrected chi connectivity index (χ4v) is 2.66. The second-order valence-electron chi connectivity index (χ2n) is 5.15. The van der Waals surface area contributed by atoms with Crippen molar-refractivity contribution in [1.82, 2.24) is 19.9 Å². The van der Waals surface area contributed by atoms with Gasteiger partial charge in [-0.15, -0.1) is 5.10 Å². The zero-order valence-electron chi connectivity index (χ0n) is 11.3. The molecule has 1 aromatic rings. The van der Waals surface area contributed by atoms with Crippen LogP contribution in [0, 0.1) is 5.92 Å². The molecule has 0 aliphatic heterocycles. The molecule has 0 spiro atoms. The van der Waals surface area contributed by atoms with Crippen molar-refractivity contribution in [1.29, 1.82) is 0 Å². The average Bonchev–Trinajstić information content (AvgIpc) is 3.14. The van der Waals surface area contributed by atoms with E-state index in [4.69, 9.17) is 0 Å². The fraction of sp³-hybridized carbons (Fsp3) is 0.615. The van der Waals surface area contributed by atoms with E-state index < -0.39 is 0 Å². The van der Waals surface area contributed by atoms with Crippen LogP contribution in [0.2, 0.25) is 0 Å². The summed E-state index contributed by atoms with van der Waals surface area (Å²) >= 11 is 3.37. The Labute approximate surface area is 121 Å². The molecule has 1 unspecified atom stereocenters. The van der Waals surface area contributed by atoms with Crippen LogP contribution in [-0.4, -0.2) is 31.8 Å². The minimum atomic E-state index is -0.0405. The van der Waals surface area contributed by atoms with Gasteiger partial charge in [0.05, 0.1) is 12.2 Å². The van der Waals surface area contributed by atoms with E-state index in [2.05, 4.69) is 39.7 Å². The Morgan fingerprint density at radius 2 is 2.37 bits per heavy atom. The van der Waals surface area contributed by atoms with E-state index in [1.807, 2.05) is 11.9 Å². The molecule has 1 aliphatic rings. The summed E-state index contributed by atoms with van der Waals surface area (Å²) in [7, 11) is 1.83. The first-order valence-electron chi connectivity index (χ1n) is 6.50. The van der Waals surface area contributed by atoms with E-state index in [0.29, 0.717) is 11.1 Å². The lowest BCUT2D eigenvalue weighted by molar-refractivity contribution is -0.128. The highest BCUT2D eigenvalue weighted by Gasteiger charge is 2.28. The van der Waals surface area contributed by atoms with E-state index in [1.54, 1.807) is 4.68 Å². The smallest absolute Gasteiger partial charge is 0.246 e. The minimum absolute atomic E-state index is 0.0405. The molecule has 1 aliphatic carbocycles. The molecule has 1 amide bonds. The third-order valence-electron chi connectivity index (χ3n) is 3.58. The van der Waals surface area contributed by atoms with Gasteiger partial charge in [-0.1, -0.05) is 24.6 Å². The van der Waals surface area contributed by atoms with Gasteiger partial charge in [0.25, 0.3) is 0 Å². The summed E-state index contributed by atoms with van der Waals surface area (Å²) in [6.45, 7) is 6.19. The summed E-state index contributed by atoms with van der Waals surface area (Å²) in [5.41, 5.74) is 0.901. The number of rotatable bonds is 6. The Morgan fingerprint density at radius 1 is 1.68 bits per heavy atom. The van der Waals surface area contributed by atoms with Crippen molar-refractivity contribution in [3.8, 4) is 0 Å². The molecule has 0 saturated heterocycles. The summed E-state index contributed by atoms with van der Waals surface area (Å²) in [6, 6.07) is 0.208. The van der Waals surface area contributed by atoms with Crippen molar-refractivity contribution in [2.75, 3.05) is 0 Å². The van der Waals surface area contributed by atoms with Gasteiger partial charge in [0.15, 0.2) is 4.60 Å². The lowest BCUT2D eigenvalue weighted by Gasteiger charge is -2.28. The molecule has 1 heterocycles. The van der Waals surface area contributed by atoms with Gasteiger partial charge >= 0.3 is 0 Å². The van der Waals surface area contributed by atoms with Crippen LogP contribution in [0.15, 0.2) is 17.3 Å². The molecule has 1 atom stereocenters. The molecule has 0 N–H and O–H groups in total. The van der Waals surface area contributed by atoms with Gasteiger partial charge in [-0.25, -0.2) is 4.68 Å². The molecule has 6 heteroatoms. The van der Waals surface area contributed by atoms with Gasteiger partial charge < -0.3 is 4.90 Å². The van der Waals surface area contributed by atoms with Crippen LogP contribution in [0.5, 0.6) is 0 Å². The summed E-state index contributed by atoms with van der Waals surface area (Å²) in [5.74, 6) is 0.740. The molecule has 0 bridgehead atoms. The monoisotopic (exact) mass is 326 g/mol. The highest BCUT2D eigenvalue weighted by molar-refractivity contribution is 9.10. The zero-order valence-corrected chi connectivity index (χ0v) is 12.9. The second-order valence-corrected chi connectivity index (χ2v) is 5.90. The number of hydrogen-bond donors (Lipinski definition) is 0. The first kappa shape index (κ1) is 14.2. The van der Waals surface area contributed by atoms with Gasteiger partial charge in [-0.05, 0) is 41.3 Å². The highest BCUT2D eigenvalue weighted by Crippen LogP contribution is 2.35. The Balaban J connectivity index is 2.12. The van der Waals surface area contributed by atoms with Gasteiger partial charge in [0.2, 0.25) is 5.91 Å². The number of halogens is 1. The van der Waals surface area contributed by atoms with Crippen molar-refractivity contribution in [2.24, 2.45) is 13.0 Å². The lowest BCUT2D eigenvalue weighted by atomic mass is 10.1. The number of aromatic nitrogens is 3. The van der Waals surface area contributed by atoms with Crippen molar-refractivity contribution in [2.45, 2.75) is 38.8 Å². The number of aryl methyl sites for hydroxylation is 1. The summed E-state index contributed by atoms with van der Waals surface area (Å²) in [6.07, 6.45) is 5.01. The van der Waals surface area contributed by atoms with Crippen LogP contribution in [0.25, 0.3) is 0 Å². The van der Waals surface area contributed by atoms with Crippen molar-refractivity contribution in [3.05, 3.63) is 23.0 Å². The minimum Gasteiger partial charge on any atom is -0.330 e. The molecule has 2 rings (SSSR count). The summed E-state index contributed by atoms with van der Waals surface area (Å²) < 4.78 is 2.38. The number of nitrogens with zero attached hydrogens (tertiary/aromatic N) is 4. The third kappa shape index (κ3) is 3.43. The number of carbonyl (C=O) groups excluding carboxylic acids is 1. The Bertz CT molecular complexity index is 461. The van der Waals surface area contributed by atoms with Crippen LogP contribution in [-0.2, 0) is 18.4 Å². The SMILES string of the molecule is C=CC(=O)N(Cc1c(Br)nnn1C)C(C)CC1CC1. The Kier molecular flexibility index (Phi) is 4.39. The molecule has 0 radical (unpaired) electrons. The number of amides is 1. The summed E-state index contributed by atoms with van der Waals surface area (Å²) in [5, 5.41) is 7.90. The van der Waals surface area contributed by atoms with Crippen LogP contribution in [0.1, 0.15) is 31.9 Å². The van der Waals surface area contributed by atoms with Gasteiger partial charge in [0.1, 0.15) is 0 Å². The van der Waals surface area contributed by atoms with Gasteiger partial charge in [-0.3, -0.25) is 4.79 Å². The van der Waals surface area contributed by atoms with Crippen molar-refractivity contribution in [3.63, 3.8) is 0 Å².